The van der Waals surface area contributed by atoms with E-state index in [2.05, 4.69) is 4.98 Å². The predicted octanol–water partition coefficient (Wildman–Crippen LogP) is 0.825. The van der Waals surface area contributed by atoms with Crippen LogP contribution in [0.2, 0.25) is 0 Å². The first kappa shape index (κ1) is 9.33. The first-order valence-electron chi connectivity index (χ1n) is 4.77. The molecule has 2 rings (SSSR count). The van der Waals surface area contributed by atoms with Gasteiger partial charge in [0, 0.05) is 19.3 Å². The van der Waals surface area contributed by atoms with Gasteiger partial charge in [0.1, 0.15) is 5.82 Å². The Kier molecular flexibility index (Phi) is 2.58. The number of hydrogen-bond acceptors (Lipinski definition) is 4. The molecule has 0 atom stereocenters. The lowest BCUT2D eigenvalue weighted by atomic mass is 10.1. The Balaban J connectivity index is 2.20. The number of ether oxygens (including phenoxy) is 2. The van der Waals surface area contributed by atoms with E-state index in [9.17, 15) is 0 Å². The van der Waals surface area contributed by atoms with Crippen molar-refractivity contribution in [3.05, 3.63) is 6.20 Å². The van der Waals surface area contributed by atoms with Crippen molar-refractivity contribution < 1.29 is 9.47 Å². The number of nitrogens with two attached hydrogens (primary N) is 1. The molecular weight excluding hydrogens is 182 g/mol. The first-order chi connectivity index (χ1) is 6.81. The second-order valence-corrected chi connectivity index (χ2v) is 3.40. The van der Waals surface area contributed by atoms with Crippen LogP contribution in [-0.2, 0) is 4.74 Å². The van der Waals surface area contributed by atoms with E-state index in [1.165, 1.54) is 0 Å². The summed E-state index contributed by atoms with van der Waals surface area (Å²) < 4.78 is 12.4. The summed E-state index contributed by atoms with van der Waals surface area (Å²) in [5.74, 6) is 0.508. The van der Waals surface area contributed by atoms with Crippen LogP contribution in [0, 0.1) is 0 Å². The second kappa shape index (κ2) is 3.88. The maximum absolute atomic E-state index is 5.62. The molecule has 2 heterocycles. The lowest BCUT2D eigenvalue weighted by molar-refractivity contribution is 0.0673. The highest BCUT2D eigenvalue weighted by Gasteiger charge is 2.19. The number of hydrogen-bond donors (Lipinski definition) is 1. The van der Waals surface area contributed by atoms with Gasteiger partial charge in [0.25, 0.3) is 6.01 Å². The Morgan fingerprint density at radius 3 is 2.93 bits per heavy atom. The Hall–Kier alpha value is -1.23. The Labute approximate surface area is 82.8 Å². The van der Waals surface area contributed by atoms with Gasteiger partial charge in [-0.1, -0.05) is 0 Å². The van der Waals surface area contributed by atoms with E-state index < -0.39 is 0 Å². The van der Waals surface area contributed by atoms with Crippen LogP contribution in [0.25, 0.3) is 0 Å². The number of nitrogen functional groups attached to an aromatic ring is 1. The topological polar surface area (TPSA) is 62.3 Å². The van der Waals surface area contributed by atoms with Crippen LogP contribution in [0.5, 0.6) is 6.01 Å². The number of anilines is 1. The number of methoxy groups -OCH3 is 1. The molecule has 78 valence electrons. The van der Waals surface area contributed by atoms with E-state index in [0.717, 1.165) is 26.1 Å². The van der Waals surface area contributed by atoms with Gasteiger partial charge in [-0.2, -0.15) is 4.98 Å². The minimum atomic E-state index is 0.406. The van der Waals surface area contributed by atoms with Crippen molar-refractivity contribution in [1.82, 2.24) is 9.55 Å². The van der Waals surface area contributed by atoms with Crippen LogP contribution < -0.4 is 10.5 Å². The zero-order valence-corrected chi connectivity index (χ0v) is 8.27. The van der Waals surface area contributed by atoms with Crippen molar-refractivity contribution in [2.24, 2.45) is 0 Å². The minimum Gasteiger partial charge on any atom is -0.468 e. The van der Waals surface area contributed by atoms with Crippen LogP contribution in [0.4, 0.5) is 5.82 Å². The average molecular weight is 197 g/mol. The van der Waals surface area contributed by atoms with Crippen molar-refractivity contribution in [2.45, 2.75) is 18.9 Å². The van der Waals surface area contributed by atoms with Gasteiger partial charge in [-0.25, -0.2) is 0 Å². The average Bonchev–Trinajstić information content (AvgIpc) is 2.61. The van der Waals surface area contributed by atoms with Gasteiger partial charge in [-0.3, -0.25) is 4.57 Å². The van der Waals surface area contributed by atoms with Crippen molar-refractivity contribution >= 4 is 5.82 Å². The molecule has 0 amide bonds. The lowest BCUT2D eigenvalue weighted by Crippen LogP contribution is -2.19. The number of aromatic nitrogens is 2. The third-order valence-corrected chi connectivity index (χ3v) is 2.48. The van der Waals surface area contributed by atoms with Crippen LogP contribution in [0.1, 0.15) is 18.9 Å². The largest absolute Gasteiger partial charge is 0.468 e. The number of rotatable bonds is 2. The summed E-state index contributed by atoms with van der Waals surface area (Å²) in [6.07, 6.45) is 3.81. The normalized spacial score (nSPS) is 18.4. The van der Waals surface area contributed by atoms with Gasteiger partial charge in [0.05, 0.1) is 13.3 Å². The molecule has 1 saturated heterocycles. The molecule has 5 nitrogen and oxygen atoms in total. The lowest BCUT2D eigenvalue weighted by Gasteiger charge is -2.23. The van der Waals surface area contributed by atoms with Crippen LogP contribution in [0.3, 0.4) is 0 Å². The monoisotopic (exact) mass is 197 g/mol. The van der Waals surface area contributed by atoms with Crippen LogP contribution >= 0.6 is 0 Å². The van der Waals surface area contributed by atoms with E-state index in [4.69, 9.17) is 15.2 Å². The summed E-state index contributed by atoms with van der Waals surface area (Å²) in [7, 11) is 1.61. The fourth-order valence-electron chi connectivity index (χ4n) is 1.77. The molecule has 1 aliphatic heterocycles. The van der Waals surface area contributed by atoms with E-state index in [-0.39, 0.29) is 0 Å². The molecule has 0 radical (unpaired) electrons. The highest BCUT2D eigenvalue weighted by Crippen LogP contribution is 2.26. The molecule has 2 N–H and O–H groups in total. The number of nitrogens with zero attached hydrogens (tertiary/aromatic N) is 2. The molecule has 5 heteroatoms. The zero-order chi connectivity index (χ0) is 9.97. The second-order valence-electron chi connectivity index (χ2n) is 3.40. The molecular formula is C9H15N3O2. The van der Waals surface area contributed by atoms with Crippen LogP contribution in [-0.4, -0.2) is 29.9 Å². The van der Waals surface area contributed by atoms with E-state index in [1.54, 1.807) is 7.11 Å². The third kappa shape index (κ3) is 1.68. The van der Waals surface area contributed by atoms with Crippen molar-refractivity contribution in [2.75, 3.05) is 26.1 Å². The molecule has 14 heavy (non-hydrogen) atoms. The van der Waals surface area contributed by atoms with Gasteiger partial charge in [0.2, 0.25) is 0 Å². The standard InChI is InChI=1S/C9H15N3O2/c1-13-9-11-8(10)6-12(9)7-2-4-14-5-3-7/h6-7H,2-5,10H2,1H3. The summed E-state index contributed by atoms with van der Waals surface area (Å²) in [6.45, 7) is 1.60. The molecule has 1 aromatic rings. The fraction of sp³-hybridized carbons (Fsp3) is 0.667. The van der Waals surface area contributed by atoms with E-state index in [1.807, 2.05) is 10.8 Å². The zero-order valence-electron chi connectivity index (χ0n) is 8.27. The third-order valence-electron chi connectivity index (χ3n) is 2.48. The maximum atomic E-state index is 5.62. The number of imidazole rings is 1. The summed E-state index contributed by atoms with van der Waals surface area (Å²) in [5.41, 5.74) is 5.62. The molecule has 0 aliphatic carbocycles. The van der Waals surface area contributed by atoms with Gasteiger partial charge in [-0.05, 0) is 12.8 Å². The van der Waals surface area contributed by atoms with E-state index in [0.29, 0.717) is 17.9 Å². The molecule has 1 fully saturated rings. The molecule has 0 spiro atoms. The predicted molar refractivity (Wildman–Crippen MR) is 52.3 cm³/mol. The molecule has 1 aromatic heterocycles. The molecule has 0 aromatic carbocycles. The van der Waals surface area contributed by atoms with Gasteiger partial charge in [0.15, 0.2) is 0 Å². The highest BCUT2D eigenvalue weighted by atomic mass is 16.5. The van der Waals surface area contributed by atoms with Gasteiger partial charge >= 0.3 is 0 Å². The Morgan fingerprint density at radius 2 is 2.29 bits per heavy atom. The Morgan fingerprint density at radius 1 is 1.57 bits per heavy atom. The molecule has 0 saturated carbocycles. The quantitative estimate of drug-likeness (QED) is 0.762. The van der Waals surface area contributed by atoms with Crippen molar-refractivity contribution in [1.29, 1.82) is 0 Å². The minimum absolute atomic E-state index is 0.406. The smallest absolute Gasteiger partial charge is 0.298 e. The van der Waals surface area contributed by atoms with Crippen molar-refractivity contribution in [3.63, 3.8) is 0 Å². The van der Waals surface area contributed by atoms with Crippen molar-refractivity contribution in [3.8, 4) is 6.01 Å². The first-order valence-corrected chi connectivity index (χ1v) is 4.77. The summed E-state index contributed by atoms with van der Waals surface area (Å²) in [5, 5.41) is 0. The highest BCUT2D eigenvalue weighted by molar-refractivity contribution is 5.28. The Bertz CT molecular complexity index is 305. The van der Waals surface area contributed by atoms with Gasteiger partial charge < -0.3 is 15.2 Å². The summed E-state index contributed by atoms with van der Waals surface area (Å²) in [6, 6.07) is 0.998. The SMILES string of the molecule is COc1nc(N)cn1C1CCOCC1. The fourth-order valence-corrected chi connectivity index (χ4v) is 1.77. The molecule has 1 aliphatic rings. The maximum Gasteiger partial charge on any atom is 0.298 e. The summed E-state index contributed by atoms with van der Waals surface area (Å²) in [4.78, 5) is 4.08. The van der Waals surface area contributed by atoms with E-state index >= 15 is 0 Å². The molecule has 0 unspecified atom stereocenters. The van der Waals surface area contributed by atoms with Crippen LogP contribution in [0.15, 0.2) is 6.20 Å². The molecule has 0 bridgehead atoms. The van der Waals surface area contributed by atoms with Gasteiger partial charge in [-0.15, -0.1) is 0 Å². The summed E-state index contributed by atoms with van der Waals surface area (Å²) >= 11 is 0.